The lowest BCUT2D eigenvalue weighted by atomic mass is 9.81. The van der Waals surface area contributed by atoms with Crippen LogP contribution in [0.3, 0.4) is 0 Å². The fourth-order valence-electron chi connectivity index (χ4n) is 4.81. The van der Waals surface area contributed by atoms with E-state index >= 15 is 0 Å². The molecule has 2 aromatic carbocycles. The van der Waals surface area contributed by atoms with Crippen molar-refractivity contribution in [1.82, 2.24) is 0 Å². The van der Waals surface area contributed by atoms with Gasteiger partial charge in [-0.05, 0) is 31.5 Å². The molecule has 2 aromatic rings. The van der Waals surface area contributed by atoms with Gasteiger partial charge < -0.3 is 4.74 Å². The molecule has 1 aliphatic heterocycles. The summed E-state index contributed by atoms with van der Waals surface area (Å²) in [5.41, 5.74) is -1.31. The van der Waals surface area contributed by atoms with Gasteiger partial charge >= 0.3 is 5.97 Å². The van der Waals surface area contributed by atoms with Crippen LogP contribution in [0, 0.1) is 10.8 Å². The van der Waals surface area contributed by atoms with Crippen LogP contribution in [0.15, 0.2) is 53.0 Å². The minimum Gasteiger partial charge on any atom is -0.425 e. The third kappa shape index (κ3) is 1.87. The zero-order chi connectivity index (χ0) is 18.7. The van der Waals surface area contributed by atoms with Crippen LogP contribution in [-0.4, -0.2) is 17.5 Å². The van der Waals surface area contributed by atoms with E-state index in [4.69, 9.17) is 4.74 Å². The van der Waals surface area contributed by atoms with E-state index in [1.54, 1.807) is 36.4 Å². The molecule has 0 bridgehead atoms. The molecule has 1 aliphatic carbocycles. The van der Waals surface area contributed by atoms with E-state index < -0.39 is 22.7 Å². The molecule has 2 aliphatic rings. The third-order valence-electron chi connectivity index (χ3n) is 5.91. The van der Waals surface area contributed by atoms with E-state index in [1.165, 1.54) is 6.92 Å². The second-order valence-corrected chi connectivity index (χ2v) is 7.80. The minimum atomic E-state index is -1.44. The van der Waals surface area contributed by atoms with Crippen LogP contribution >= 0.6 is 15.9 Å². The summed E-state index contributed by atoms with van der Waals surface area (Å²) in [5, 5.41) is 0. The van der Waals surface area contributed by atoms with Gasteiger partial charge in [0.25, 0.3) is 0 Å². The molecule has 0 amide bonds. The first-order valence-electron chi connectivity index (χ1n) is 8.54. The van der Waals surface area contributed by atoms with E-state index in [0.717, 1.165) is 10.0 Å². The number of carbonyl (C=O) groups is 3. The molecule has 0 aromatic heterocycles. The van der Waals surface area contributed by atoms with Gasteiger partial charge in [-0.25, -0.2) is 0 Å². The smallest absolute Gasteiger partial charge is 0.326 e. The Morgan fingerprint density at radius 2 is 1.85 bits per heavy atom. The van der Waals surface area contributed by atoms with Gasteiger partial charge in [-0.2, -0.15) is 0 Å². The first kappa shape index (κ1) is 17.2. The number of hydrogen-bond donors (Lipinski definition) is 0. The van der Waals surface area contributed by atoms with Gasteiger partial charge in [0, 0.05) is 21.5 Å². The second-order valence-electron chi connectivity index (χ2n) is 6.89. The van der Waals surface area contributed by atoms with Crippen molar-refractivity contribution >= 4 is 33.5 Å². The van der Waals surface area contributed by atoms with Gasteiger partial charge in [0.1, 0.15) is 16.9 Å². The summed E-state index contributed by atoms with van der Waals surface area (Å²) in [6.45, 7) is 3.24. The standard InChI is InChI=1S/C21H17BrO4/c1-3-20(18(24)13-7-5-4-6-8-13)17-15-11-14(22)9-10-16(15)26-19(25)21(17,20)12(2)23/h4-11,17H,3H2,1-2H3/t17-,20-,21+/m0/s1. The summed E-state index contributed by atoms with van der Waals surface area (Å²) in [5.74, 6) is -1.18. The molecule has 1 saturated carbocycles. The second kappa shape index (κ2) is 5.61. The van der Waals surface area contributed by atoms with Crippen molar-refractivity contribution in [3.05, 3.63) is 64.1 Å². The molecule has 132 valence electrons. The van der Waals surface area contributed by atoms with Crippen molar-refractivity contribution < 1.29 is 19.1 Å². The highest BCUT2D eigenvalue weighted by molar-refractivity contribution is 9.10. The highest BCUT2D eigenvalue weighted by atomic mass is 79.9. The topological polar surface area (TPSA) is 60.4 Å². The highest BCUT2D eigenvalue weighted by Crippen LogP contribution is 2.80. The van der Waals surface area contributed by atoms with Crippen molar-refractivity contribution in [2.75, 3.05) is 0 Å². The summed E-state index contributed by atoms with van der Waals surface area (Å²) < 4.78 is 6.33. The van der Waals surface area contributed by atoms with Gasteiger partial charge in [-0.15, -0.1) is 0 Å². The molecule has 1 heterocycles. The summed E-state index contributed by atoms with van der Waals surface area (Å²) in [6.07, 6.45) is 0.381. The van der Waals surface area contributed by atoms with Crippen LogP contribution in [-0.2, 0) is 9.59 Å². The van der Waals surface area contributed by atoms with E-state index in [2.05, 4.69) is 15.9 Å². The molecule has 5 heteroatoms. The average molecular weight is 413 g/mol. The van der Waals surface area contributed by atoms with Crippen molar-refractivity contribution in [2.45, 2.75) is 26.2 Å². The summed E-state index contributed by atoms with van der Waals surface area (Å²) >= 11 is 3.44. The zero-order valence-corrected chi connectivity index (χ0v) is 16.0. The first-order valence-corrected chi connectivity index (χ1v) is 9.33. The first-order chi connectivity index (χ1) is 12.4. The minimum absolute atomic E-state index is 0.175. The zero-order valence-electron chi connectivity index (χ0n) is 14.4. The Balaban J connectivity index is 1.97. The number of esters is 1. The molecule has 0 N–H and O–H groups in total. The maximum atomic E-state index is 13.5. The third-order valence-corrected chi connectivity index (χ3v) is 6.40. The molecule has 4 nitrogen and oxygen atoms in total. The predicted molar refractivity (Wildman–Crippen MR) is 99.1 cm³/mol. The van der Waals surface area contributed by atoms with Crippen molar-refractivity contribution in [3.63, 3.8) is 0 Å². The molecule has 0 unspecified atom stereocenters. The summed E-state index contributed by atoms with van der Waals surface area (Å²) in [6, 6.07) is 14.2. The Bertz CT molecular complexity index is 952. The maximum Gasteiger partial charge on any atom is 0.326 e. The van der Waals surface area contributed by atoms with E-state index in [1.807, 2.05) is 19.1 Å². The Labute approximate surface area is 159 Å². The molecule has 0 radical (unpaired) electrons. The number of hydrogen-bond acceptors (Lipinski definition) is 4. The Kier molecular flexibility index (Phi) is 3.70. The van der Waals surface area contributed by atoms with Crippen LogP contribution in [0.4, 0.5) is 0 Å². The van der Waals surface area contributed by atoms with E-state index in [-0.39, 0.29) is 11.6 Å². The quantitative estimate of drug-likeness (QED) is 0.324. The van der Waals surface area contributed by atoms with Crippen molar-refractivity contribution in [1.29, 1.82) is 0 Å². The Hall–Kier alpha value is -2.27. The lowest BCUT2D eigenvalue weighted by molar-refractivity contribution is -0.148. The SMILES string of the molecule is CC[C@@]1(C(=O)c2ccccc2)[C@@H]2c3cc(Br)ccc3OC(=O)[C@@]21C(C)=O. The number of Topliss-reactive ketones (excluding diaryl/α,β-unsaturated/α-hetero) is 2. The highest BCUT2D eigenvalue weighted by Gasteiger charge is 2.87. The van der Waals surface area contributed by atoms with Crippen molar-refractivity contribution in [2.24, 2.45) is 10.8 Å². The van der Waals surface area contributed by atoms with Gasteiger partial charge in [0.15, 0.2) is 5.78 Å². The van der Waals surface area contributed by atoms with Crippen LogP contribution in [0.25, 0.3) is 0 Å². The molecule has 0 spiro atoms. The molecule has 3 atom stereocenters. The fourth-order valence-corrected chi connectivity index (χ4v) is 5.19. The van der Waals surface area contributed by atoms with E-state index in [0.29, 0.717) is 17.7 Å². The lowest BCUT2D eigenvalue weighted by Crippen LogP contribution is -2.38. The summed E-state index contributed by atoms with van der Waals surface area (Å²) in [7, 11) is 0. The molecule has 26 heavy (non-hydrogen) atoms. The van der Waals surface area contributed by atoms with Gasteiger partial charge in [0.2, 0.25) is 0 Å². The maximum absolute atomic E-state index is 13.5. The number of rotatable bonds is 4. The molecule has 4 rings (SSSR count). The predicted octanol–water partition coefficient (Wildman–Crippen LogP) is 4.32. The summed E-state index contributed by atoms with van der Waals surface area (Å²) in [4.78, 5) is 39.2. The van der Waals surface area contributed by atoms with Crippen LogP contribution in [0.1, 0.15) is 42.1 Å². The van der Waals surface area contributed by atoms with Crippen molar-refractivity contribution in [3.8, 4) is 5.75 Å². The Morgan fingerprint density at radius 3 is 2.46 bits per heavy atom. The number of benzene rings is 2. The van der Waals surface area contributed by atoms with Crippen LogP contribution in [0.2, 0.25) is 0 Å². The van der Waals surface area contributed by atoms with Gasteiger partial charge in [-0.1, -0.05) is 53.2 Å². The normalized spacial score (nSPS) is 28.6. The largest absolute Gasteiger partial charge is 0.425 e. The fraction of sp³-hybridized carbons (Fsp3) is 0.286. The lowest BCUT2D eigenvalue weighted by Gasteiger charge is -2.22. The number of ketones is 2. The Morgan fingerprint density at radius 1 is 1.15 bits per heavy atom. The number of carbonyl (C=O) groups excluding carboxylic acids is 3. The number of halogens is 1. The van der Waals surface area contributed by atoms with Crippen LogP contribution in [0.5, 0.6) is 5.75 Å². The van der Waals surface area contributed by atoms with Crippen LogP contribution < -0.4 is 4.74 Å². The average Bonchev–Trinajstić information content (AvgIpc) is 3.30. The molecule has 1 fully saturated rings. The van der Waals surface area contributed by atoms with Gasteiger partial charge in [-0.3, -0.25) is 14.4 Å². The number of ether oxygens (including phenoxy) is 1. The molecular weight excluding hydrogens is 396 g/mol. The monoisotopic (exact) mass is 412 g/mol. The number of fused-ring (bicyclic) bond motifs is 3. The molecule has 0 saturated heterocycles. The molecular formula is C21H17BrO4. The van der Waals surface area contributed by atoms with E-state index in [9.17, 15) is 14.4 Å². The van der Waals surface area contributed by atoms with Gasteiger partial charge in [0.05, 0.1) is 5.41 Å².